The number of benzene rings is 2. The van der Waals surface area contributed by atoms with E-state index in [0.29, 0.717) is 19.5 Å². The summed E-state index contributed by atoms with van der Waals surface area (Å²) in [6.45, 7) is 2.85. The van der Waals surface area contributed by atoms with Crippen molar-refractivity contribution in [2.75, 3.05) is 20.1 Å². The first-order valence-corrected chi connectivity index (χ1v) is 11.1. The maximum absolute atomic E-state index is 13.3. The number of hydrogen-bond donors (Lipinski definition) is 2. The summed E-state index contributed by atoms with van der Waals surface area (Å²) >= 11 is 0. The molecule has 0 radical (unpaired) electrons. The Balaban J connectivity index is 1.59. The quantitative estimate of drug-likeness (QED) is 0.746. The van der Waals surface area contributed by atoms with Gasteiger partial charge in [0.25, 0.3) is 0 Å². The average Bonchev–Trinajstić information content (AvgIpc) is 2.97. The summed E-state index contributed by atoms with van der Waals surface area (Å²) in [5.41, 5.74) is 4.29. The second kappa shape index (κ2) is 9.44. The summed E-state index contributed by atoms with van der Waals surface area (Å²) in [6.07, 6.45) is 0.638. The van der Waals surface area contributed by atoms with Crippen molar-refractivity contribution in [1.29, 1.82) is 0 Å². The number of imide groups is 1. The molecule has 0 aliphatic carbocycles. The molecule has 2 fully saturated rings. The summed E-state index contributed by atoms with van der Waals surface area (Å²) in [5.74, 6) is -0.881. The minimum absolute atomic E-state index is 0.0694. The highest BCUT2D eigenvalue weighted by Gasteiger charge is 2.39. The molecule has 33 heavy (non-hydrogen) atoms. The van der Waals surface area contributed by atoms with Gasteiger partial charge in [0.2, 0.25) is 17.7 Å². The molecule has 0 saturated carbocycles. The predicted octanol–water partition coefficient (Wildman–Crippen LogP) is 1.86. The van der Waals surface area contributed by atoms with Crippen LogP contribution in [0.5, 0.6) is 0 Å². The van der Waals surface area contributed by atoms with Gasteiger partial charge >= 0.3 is 6.03 Å². The fraction of sp³-hybridized carbons (Fsp3) is 0.360. The molecule has 2 aromatic carbocycles. The maximum atomic E-state index is 13.3. The summed E-state index contributed by atoms with van der Waals surface area (Å²) in [4.78, 5) is 53.2. The molecular weight excluding hydrogens is 420 g/mol. The monoisotopic (exact) mass is 448 g/mol. The molecule has 0 spiro atoms. The van der Waals surface area contributed by atoms with E-state index in [1.165, 1.54) is 0 Å². The Morgan fingerprint density at radius 1 is 1.06 bits per heavy atom. The van der Waals surface area contributed by atoms with Crippen LogP contribution in [0, 0.1) is 6.92 Å². The van der Waals surface area contributed by atoms with Crippen LogP contribution in [0.3, 0.4) is 0 Å². The van der Waals surface area contributed by atoms with Gasteiger partial charge in [-0.25, -0.2) is 4.79 Å². The van der Waals surface area contributed by atoms with Crippen LogP contribution >= 0.6 is 0 Å². The SMILES string of the molecule is Cc1ccccc1-c1cccc(C[C@@H]2C(=O)N(C)CCN2C(=O)[C@H]2CCC(=O)NC(=O)N2)c1. The van der Waals surface area contributed by atoms with Crippen LogP contribution in [0.15, 0.2) is 48.5 Å². The third kappa shape index (κ3) is 4.89. The zero-order chi connectivity index (χ0) is 23.5. The van der Waals surface area contributed by atoms with Gasteiger partial charge < -0.3 is 15.1 Å². The molecule has 4 rings (SSSR count). The number of rotatable bonds is 4. The van der Waals surface area contributed by atoms with Crippen LogP contribution in [-0.2, 0) is 20.8 Å². The largest absolute Gasteiger partial charge is 0.342 e. The van der Waals surface area contributed by atoms with Crippen LogP contribution in [-0.4, -0.2) is 65.8 Å². The number of likely N-dealkylation sites (N-methyl/N-ethyl adjacent to an activating group) is 1. The average molecular weight is 449 g/mol. The number of nitrogens with zero attached hydrogens (tertiary/aromatic N) is 2. The summed E-state index contributed by atoms with van der Waals surface area (Å²) in [7, 11) is 1.73. The minimum atomic E-state index is -0.839. The third-order valence-electron chi connectivity index (χ3n) is 6.33. The van der Waals surface area contributed by atoms with Gasteiger partial charge in [0.15, 0.2) is 0 Å². The first kappa shape index (κ1) is 22.5. The second-order valence-corrected chi connectivity index (χ2v) is 8.64. The lowest BCUT2D eigenvalue weighted by atomic mass is 9.95. The van der Waals surface area contributed by atoms with E-state index in [-0.39, 0.29) is 24.7 Å². The highest BCUT2D eigenvalue weighted by molar-refractivity contribution is 5.99. The number of aryl methyl sites for hydroxylation is 1. The molecule has 2 N–H and O–H groups in total. The Labute approximate surface area is 192 Å². The normalized spacial score (nSPS) is 21.3. The van der Waals surface area contributed by atoms with E-state index in [1.807, 2.05) is 30.3 Å². The van der Waals surface area contributed by atoms with Crippen molar-refractivity contribution in [3.8, 4) is 11.1 Å². The fourth-order valence-corrected chi connectivity index (χ4v) is 4.48. The number of hydrogen-bond acceptors (Lipinski definition) is 4. The predicted molar refractivity (Wildman–Crippen MR) is 123 cm³/mol. The molecule has 2 aliphatic heterocycles. The van der Waals surface area contributed by atoms with Crippen LogP contribution < -0.4 is 10.6 Å². The van der Waals surface area contributed by atoms with E-state index in [4.69, 9.17) is 0 Å². The Bertz CT molecular complexity index is 1100. The van der Waals surface area contributed by atoms with E-state index in [1.54, 1.807) is 16.8 Å². The molecule has 5 amide bonds. The number of amides is 5. The van der Waals surface area contributed by atoms with E-state index in [0.717, 1.165) is 22.3 Å². The lowest BCUT2D eigenvalue weighted by Crippen LogP contribution is -2.62. The summed E-state index contributed by atoms with van der Waals surface area (Å²) in [5, 5.41) is 4.75. The van der Waals surface area contributed by atoms with Gasteiger partial charge in [-0.15, -0.1) is 0 Å². The number of urea groups is 1. The molecule has 8 nitrogen and oxygen atoms in total. The zero-order valence-corrected chi connectivity index (χ0v) is 18.8. The molecule has 0 aromatic heterocycles. The highest BCUT2D eigenvalue weighted by Crippen LogP contribution is 2.26. The lowest BCUT2D eigenvalue weighted by molar-refractivity contribution is -0.151. The maximum Gasteiger partial charge on any atom is 0.322 e. The second-order valence-electron chi connectivity index (χ2n) is 8.64. The summed E-state index contributed by atoms with van der Waals surface area (Å²) in [6, 6.07) is 13.9. The molecule has 8 heteroatoms. The third-order valence-corrected chi connectivity index (χ3v) is 6.33. The van der Waals surface area contributed by atoms with Crippen LogP contribution in [0.4, 0.5) is 4.79 Å². The van der Waals surface area contributed by atoms with Crippen molar-refractivity contribution in [3.63, 3.8) is 0 Å². The lowest BCUT2D eigenvalue weighted by Gasteiger charge is -2.40. The van der Waals surface area contributed by atoms with Gasteiger partial charge in [0, 0.05) is 33.0 Å². The van der Waals surface area contributed by atoms with E-state index in [9.17, 15) is 19.2 Å². The minimum Gasteiger partial charge on any atom is -0.342 e. The van der Waals surface area contributed by atoms with E-state index < -0.39 is 24.0 Å². The molecule has 2 atom stereocenters. The Morgan fingerprint density at radius 3 is 2.64 bits per heavy atom. The molecule has 2 saturated heterocycles. The molecular formula is C25H28N4O4. The Morgan fingerprint density at radius 2 is 1.85 bits per heavy atom. The first-order valence-electron chi connectivity index (χ1n) is 11.1. The standard InChI is InChI=1S/C25H28N4O4/c1-16-6-3-4-9-19(16)18-8-5-7-17(14-18)15-21-24(32)28(2)12-13-29(21)23(31)20-10-11-22(30)27-25(33)26-20/h3-9,14,20-21H,10-13,15H2,1-2H3,(H2,26,27,30,33)/t20-,21-/m1/s1. The van der Waals surface area contributed by atoms with Crippen molar-refractivity contribution >= 4 is 23.8 Å². The number of carbonyl (C=O) groups excluding carboxylic acids is 4. The topological polar surface area (TPSA) is 98.8 Å². The molecule has 2 heterocycles. The van der Waals surface area contributed by atoms with Gasteiger partial charge in [0.1, 0.15) is 12.1 Å². The van der Waals surface area contributed by atoms with Gasteiger partial charge in [0.05, 0.1) is 0 Å². The van der Waals surface area contributed by atoms with Gasteiger partial charge in [-0.3, -0.25) is 19.7 Å². The summed E-state index contributed by atoms with van der Waals surface area (Å²) < 4.78 is 0. The first-order chi connectivity index (χ1) is 15.8. The highest BCUT2D eigenvalue weighted by atomic mass is 16.2. The van der Waals surface area contributed by atoms with Gasteiger partial charge in [-0.2, -0.15) is 0 Å². The van der Waals surface area contributed by atoms with Crippen molar-refractivity contribution in [2.24, 2.45) is 0 Å². The zero-order valence-electron chi connectivity index (χ0n) is 18.8. The smallest absolute Gasteiger partial charge is 0.322 e. The van der Waals surface area contributed by atoms with Crippen LogP contribution in [0.25, 0.3) is 11.1 Å². The van der Waals surface area contributed by atoms with Crippen molar-refractivity contribution < 1.29 is 19.2 Å². The Hall–Kier alpha value is -3.68. The molecule has 172 valence electrons. The Kier molecular flexibility index (Phi) is 6.44. The molecule has 2 aromatic rings. The van der Waals surface area contributed by atoms with E-state index in [2.05, 4.69) is 35.8 Å². The number of piperazine rings is 1. The van der Waals surface area contributed by atoms with Crippen molar-refractivity contribution in [3.05, 3.63) is 59.7 Å². The number of nitrogens with one attached hydrogen (secondary N) is 2. The van der Waals surface area contributed by atoms with Crippen molar-refractivity contribution in [2.45, 2.75) is 38.3 Å². The van der Waals surface area contributed by atoms with Crippen molar-refractivity contribution in [1.82, 2.24) is 20.4 Å². The van der Waals surface area contributed by atoms with Crippen LogP contribution in [0.1, 0.15) is 24.0 Å². The fourth-order valence-electron chi connectivity index (χ4n) is 4.48. The number of carbonyl (C=O) groups is 4. The van der Waals surface area contributed by atoms with Crippen LogP contribution in [0.2, 0.25) is 0 Å². The van der Waals surface area contributed by atoms with Gasteiger partial charge in [-0.05, 0) is 35.6 Å². The van der Waals surface area contributed by atoms with Gasteiger partial charge in [-0.1, -0.05) is 48.5 Å². The molecule has 0 unspecified atom stereocenters. The van der Waals surface area contributed by atoms with E-state index >= 15 is 0 Å². The molecule has 2 aliphatic rings. The molecule has 0 bridgehead atoms.